The van der Waals surface area contributed by atoms with Gasteiger partial charge in [-0.25, -0.2) is 9.59 Å². The van der Waals surface area contributed by atoms with E-state index in [9.17, 15) is 19.8 Å². The van der Waals surface area contributed by atoms with Gasteiger partial charge in [-0.3, -0.25) is 0 Å². The smallest absolute Gasteiger partial charge is 0.352 e. The molecule has 6 nitrogen and oxygen atoms in total. The summed E-state index contributed by atoms with van der Waals surface area (Å²) in [5, 5.41) is 35.5. The van der Waals surface area contributed by atoms with Crippen molar-refractivity contribution in [2.75, 3.05) is 0 Å². The number of aliphatic hydroxyl groups is 1. The van der Waals surface area contributed by atoms with Crippen LogP contribution in [0.25, 0.3) is 0 Å². The Hall–Kier alpha value is -1.50. The van der Waals surface area contributed by atoms with Gasteiger partial charge in [0.1, 0.15) is 0 Å². The van der Waals surface area contributed by atoms with Crippen molar-refractivity contribution in [2.24, 2.45) is 0 Å². The summed E-state index contributed by atoms with van der Waals surface area (Å²) in [6.07, 6.45) is 0. The minimum atomic E-state index is -3.18. The Labute approximate surface area is 105 Å². The fourth-order valence-corrected chi connectivity index (χ4v) is 1.60. The van der Waals surface area contributed by atoms with E-state index in [0.29, 0.717) is 0 Å². The fourth-order valence-electron chi connectivity index (χ4n) is 1.11. The van der Waals surface area contributed by atoms with Gasteiger partial charge < -0.3 is 20.4 Å². The maximum atomic E-state index is 10.8. The normalized spacial score (nSPS) is 11.2. The molecule has 17 heavy (non-hydrogen) atoms. The molecule has 1 aromatic carbocycles. The number of halogens is 2. The van der Waals surface area contributed by atoms with Crippen LogP contribution in [-0.4, -0.2) is 32.4 Å². The molecule has 0 amide bonds. The van der Waals surface area contributed by atoms with E-state index in [0.717, 1.165) is 12.1 Å². The van der Waals surface area contributed by atoms with Gasteiger partial charge in [-0.2, -0.15) is 0 Å². The van der Waals surface area contributed by atoms with E-state index < -0.39 is 28.9 Å². The van der Waals surface area contributed by atoms with Gasteiger partial charge in [0.25, 0.3) is 5.60 Å². The van der Waals surface area contributed by atoms with Crippen molar-refractivity contribution in [3.05, 3.63) is 27.7 Å². The van der Waals surface area contributed by atoms with Crippen LogP contribution in [-0.2, 0) is 15.2 Å². The Morgan fingerprint density at radius 2 is 1.41 bits per heavy atom. The topological polar surface area (TPSA) is 115 Å². The van der Waals surface area contributed by atoms with Gasteiger partial charge in [0.15, 0.2) is 5.75 Å². The molecular formula is C9H6Cl2O6. The molecule has 0 fully saturated rings. The minimum absolute atomic E-state index is 0.367. The number of hydrogen-bond donors (Lipinski definition) is 4. The highest BCUT2D eigenvalue weighted by molar-refractivity contribution is 6.37. The molecule has 0 saturated heterocycles. The van der Waals surface area contributed by atoms with E-state index in [2.05, 4.69) is 0 Å². The first kappa shape index (κ1) is 13.6. The summed E-state index contributed by atoms with van der Waals surface area (Å²) in [5.41, 5.74) is -3.74. The lowest BCUT2D eigenvalue weighted by atomic mass is 9.94. The SMILES string of the molecule is O=C(O)C(O)(C(=O)O)c1cc(Cl)c(O)c(Cl)c1. The molecular weight excluding hydrogens is 275 g/mol. The second-order valence-electron chi connectivity index (χ2n) is 3.11. The van der Waals surface area contributed by atoms with Crippen molar-refractivity contribution in [3.63, 3.8) is 0 Å². The Balaban J connectivity index is 3.51. The summed E-state index contributed by atoms with van der Waals surface area (Å²) < 4.78 is 0. The molecule has 0 atom stereocenters. The van der Waals surface area contributed by atoms with Gasteiger partial charge in [-0.15, -0.1) is 0 Å². The second-order valence-corrected chi connectivity index (χ2v) is 3.92. The molecule has 92 valence electrons. The highest BCUT2D eigenvalue weighted by Crippen LogP contribution is 2.36. The standard InChI is InChI=1S/C9H6Cl2O6/c10-4-1-3(2-5(11)6(4)12)9(17,7(13)14)8(15)16/h1-2,12,17H,(H,13,14)(H,15,16). The predicted molar refractivity (Wildman–Crippen MR) is 57.3 cm³/mol. The summed E-state index contributed by atoms with van der Waals surface area (Å²) >= 11 is 11.0. The quantitative estimate of drug-likeness (QED) is 0.616. The number of carboxylic acid groups (broad SMARTS) is 2. The number of carboxylic acids is 2. The van der Waals surface area contributed by atoms with Crippen molar-refractivity contribution in [3.8, 4) is 5.75 Å². The summed E-state index contributed by atoms with van der Waals surface area (Å²) in [6.45, 7) is 0. The van der Waals surface area contributed by atoms with Crippen LogP contribution in [0.2, 0.25) is 10.0 Å². The molecule has 0 heterocycles. The predicted octanol–water partition coefficient (Wildman–Crippen LogP) is 1.06. The number of carbonyl (C=O) groups is 2. The van der Waals surface area contributed by atoms with Crippen LogP contribution in [0.1, 0.15) is 5.56 Å². The molecule has 1 rings (SSSR count). The van der Waals surface area contributed by atoms with Crippen LogP contribution in [0.3, 0.4) is 0 Å². The average Bonchev–Trinajstić information content (AvgIpc) is 2.23. The van der Waals surface area contributed by atoms with Crippen LogP contribution < -0.4 is 0 Å². The Kier molecular flexibility index (Phi) is 3.51. The lowest BCUT2D eigenvalue weighted by Gasteiger charge is -2.19. The number of aromatic hydroxyl groups is 1. The second kappa shape index (κ2) is 4.40. The number of phenolic OH excluding ortho intramolecular Hbond substituents is 1. The Morgan fingerprint density at radius 1 is 1.06 bits per heavy atom. The van der Waals surface area contributed by atoms with Gasteiger partial charge in [0.2, 0.25) is 0 Å². The number of phenols is 1. The lowest BCUT2D eigenvalue weighted by Crippen LogP contribution is -2.43. The van der Waals surface area contributed by atoms with Crippen LogP contribution in [0.5, 0.6) is 5.75 Å². The molecule has 0 aliphatic rings. The van der Waals surface area contributed by atoms with Crippen LogP contribution in [0.15, 0.2) is 12.1 Å². The largest absolute Gasteiger partial charge is 0.505 e. The van der Waals surface area contributed by atoms with Crippen LogP contribution in [0.4, 0.5) is 0 Å². The minimum Gasteiger partial charge on any atom is -0.505 e. The highest BCUT2D eigenvalue weighted by Gasteiger charge is 2.47. The molecule has 0 bridgehead atoms. The van der Waals surface area contributed by atoms with Gasteiger partial charge >= 0.3 is 11.9 Å². The molecule has 4 N–H and O–H groups in total. The molecule has 0 aliphatic heterocycles. The van der Waals surface area contributed by atoms with Crippen molar-refractivity contribution >= 4 is 35.1 Å². The average molecular weight is 281 g/mol. The van der Waals surface area contributed by atoms with Gasteiger partial charge in [-0.1, -0.05) is 23.2 Å². The Bertz CT molecular complexity index is 461. The zero-order chi connectivity index (χ0) is 13.4. The third kappa shape index (κ3) is 2.14. The van der Waals surface area contributed by atoms with Gasteiger partial charge in [0.05, 0.1) is 10.0 Å². The molecule has 0 aliphatic carbocycles. The van der Waals surface area contributed by atoms with Crippen molar-refractivity contribution in [2.45, 2.75) is 5.60 Å². The van der Waals surface area contributed by atoms with E-state index in [1.54, 1.807) is 0 Å². The van der Waals surface area contributed by atoms with Crippen LogP contribution in [0, 0.1) is 0 Å². The van der Waals surface area contributed by atoms with Crippen LogP contribution >= 0.6 is 23.2 Å². The summed E-state index contributed by atoms with van der Waals surface area (Å²) in [4.78, 5) is 21.6. The first-order valence-electron chi connectivity index (χ1n) is 4.09. The monoisotopic (exact) mass is 280 g/mol. The molecule has 0 saturated carbocycles. The third-order valence-electron chi connectivity index (χ3n) is 2.05. The van der Waals surface area contributed by atoms with E-state index >= 15 is 0 Å². The zero-order valence-electron chi connectivity index (χ0n) is 8.02. The van der Waals surface area contributed by atoms with E-state index in [1.807, 2.05) is 0 Å². The molecule has 1 aromatic rings. The summed E-state index contributed by atoms with van der Waals surface area (Å²) in [5.74, 6) is -4.53. The van der Waals surface area contributed by atoms with E-state index in [4.69, 9.17) is 33.4 Å². The molecule has 8 heteroatoms. The number of rotatable bonds is 3. The molecule has 0 unspecified atom stereocenters. The maximum Gasteiger partial charge on any atom is 0.352 e. The van der Waals surface area contributed by atoms with Gasteiger partial charge in [0, 0.05) is 5.56 Å². The van der Waals surface area contributed by atoms with Gasteiger partial charge in [-0.05, 0) is 12.1 Å². The number of benzene rings is 1. The number of hydrogen-bond acceptors (Lipinski definition) is 4. The maximum absolute atomic E-state index is 10.8. The first-order chi connectivity index (χ1) is 7.71. The van der Waals surface area contributed by atoms with Crippen molar-refractivity contribution in [1.29, 1.82) is 0 Å². The lowest BCUT2D eigenvalue weighted by molar-refractivity contribution is -0.177. The van der Waals surface area contributed by atoms with Crippen molar-refractivity contribution < 1.29 is 30.0 Å². The molecule has 0 radical (unpaired) electrons. The summed E-state index contributed by atoms with van der Waals surface area (Å²) in [7, 11) is 0. The molecule has 0 spiro atoms. The third-order valence-corrected chi connectivity index (χ3v) is 2.63. The van der Waals surface area contributed by atoms with E-state index in [-0.39, 0.29) is 10.0 Å². The van der Waals surface area contributed by atoms with Crippen molar-refractivity contribution in [1.82, 2.24) is 0 Å². The summed E-state index contributed by atoms with van der Waals surface area (Å²) in [6, 6.07) is 1.62. The Morgan fingerprint density at radius 3 is 1.71 bits per heavy atom. The number of aliphatic carboxylic acids is 2. The zero-order valence-corrected chi connectivity index (χ0v) is 9.53. The van der Waals surface area contributed by atoms with E-state index in [1.165, 1.54) is 0 Å². The molecule has 0 aromatic heterocycles. The highest BCUT2D eigenvalue weighted by atomic mass is 35.5. The first-order valence-corrected chi connectivity index (χ1v) is 4.84. The fraction of sp³-hybridized carbons (Fsp3) is 0.111.